The number of aromatic nitrogens is 3. The second-order valence-electron chi connectivity index (χ2n) is 19.1. The van der Waals surface area contributed by atoms with Gasteiger partial charge in [-0.1, -0.05) is 145 Å². The monoisotopic (exact) mass is 1010 g/mol. The smallest absolute Gasteiger partial charge is 0.128 e. The fraction of sp³-hybridized carbons (Fsp3) is 0.220. The zero-order chi connectivity index (χ0) is 43.6. The van der Waals surface area contributed by atoms with Crippen molar-refractivity contribution in [3.8, 4) is 39.5 Å². The fourth-order valence-electron chi connectivity index (χ4n) is 10.5. The zero-order valence-corrected chi connectivity index (χ0v) is 40.3. The van der Waals surface area contributed by atoms with Crippen LogP contribution < -0.4 is 0 Å². The molecule has 5 heteroatoms. The molecule has 4 nitrogen and oxygen atoms in total. The molecule has 7 aromatic carbocycles. The largest absolute Gasteiger partial charge is 0.500 e. The van der Waals surface area contributed by atoms with Crippen LogP contribution in [0.4, 0.5) is 0 Å². The van der Waals surface area contributed by atoms with Gasteiger partial charge in [0.25, 0.3) is 0 Å². The van der Waals surface area contributed by atoms with Crippen LogP contribution in [0.2, 0.25) is 0 Å². The molecule has 1 aliphatic rings. The van der Waals surface area contributed by atoms with Crippen LogP contribution in [0.1, 0.15) is 95.9 Å². The van der Waals surface area contributed by atoms with Crippen LogP contribution in [0.3, 0.4) is 0 Å². The second-order valence-corrected chi connectivity index (χ2v) is 19.1. The van der Waals surface area contributed by atoms with Crippen LogP contribution in [-0.4, -0.2) is 14.5 Å². The van der Waals surface area contributed by atoms with Gasteiger partial charge in [0.05, 0.1) is 22.4 Å². The average Bonchev–Trinajstić information content (AvgIpc) is 3.93. The molecule has 3 heterocycles. The molecule has 1 aliphatic carbocycles. The second kappa shape index (κ2) is 16.8. The van der Waals surface area contributed by atoms with Crippen molar-refractivity contribution < 1.29 is 24.5 Å². The van der Waals surface area contributed by atoms with E-state index in [0.29, 0.717) is 0 Å². The van der Waals surface area contributed by atoms with Crippen molar-refractivity contribution in [3.05, 3.63) is 186 Å². The van der Waals surface area contributed by atoms with Gasteiger partial charge in [-0.05, 0) is 104 Å². The number of furan rings is 1. The van der Waals surface area contributed by atoms with Crippen molar-refractivity contribution in [1.82, 2.24) is 14.5 Å². The summed E-state index contributed by atoms with van der Waals surface area (Å²) < 4.78 is 9.46. The van der Waals surface area contributed by atoms with Crippen molar-refractivity contribution in [2.24, 2.45) is 0 Å². The molecule has 0 atom stereocenters. The Kier molecular flexibility index (Phi) is 11.3. The number of para-hydroxylation sites is 2. The fourth-order valence-corrected chi connectivity index (χ4v) is 10.5. The average molecular weight is 1010 g/mol. The third-order valence-electron chi connectivity index (χ3n) is 13.1. The first-order valence-electron chi connectivity index (χ1n) is 22.3. The van der Waals surface area contributed by atoms with Crippen LogP contribution in [0.15, 0.2) is 156 Å². The number of benzene rings is 7. The van der Waals surface area contributed by atoms with Gasteiger partial charge in [-0.2, -0.15) is 0 Å². The van der Waals surface area contributed by atoms with Gasteiger partial charge < -0.3 is 14.0 Å². The molecule has 0 unspecified atom stereocenters. The predicted octanol–water partition coefficient (Wildman–Crippen LogP) is 16.0. The van der Waals surface area contributed by atoms with E-state index in [1.165, 1.54) is 49.8 Å². The summed E-state index contributed by atoms with van der Waals surface area (Å²) in [4.78, 5) is 9.60. The minimum absolute atomic E-state index is 0. The Labute approximate surface area is 390 Å². The Morgan fingerprint density at radius 2 is 1.27 bits per heavy atom. The molecule has 0 saturated carbocycles. The van der Waals surface area contributed by atoms with E-state index in [2.05, 4.69) is 174 Å². The molecule has 3 aromatic heterocycles. The number of imidazole rings is 1. The van der Waals surface area contributed by atoms with Gasteiger partial charge in [-0.3, -0.25) is 4.98 Å². The predicted molar refractivity (Wildman–Crippen MR) is 263 cm³/mol. The van der Waals surface area contributed by atoms with E-state index in [1.54, 1.807) is 6.20 Å². The third kappa shape index (κ3) is 7.39. The molecule has 0 amide bonds. The van der Waals surface area contributed by atoms with Gasteiger partial charge in [-0.25, -0.2) is 0 Å². The summed E-state index contributed by atoms with van der Waals surface area (Å²) in [7, 11) is 0. The molecule has 0 aliphatic heterocycles. The Morgan fingerprint density at radius 3 is 1.97 bits per heavy atom. The molecule has 10 aromatic rings. The van der Waals surface area contributed by atoms with Crippen molar-refractivity contribution in [2.45, 2.75) is 84.5 Å². The molecule has 64 heavy (non-hydrogen) atoms. The van der Waals surface area contributed by atoms with Crippen LogP contribution in [0.25, 0.3) is 83.2 Å². The maximum absolute atomic E-state index is 7.07. The van der Waals surface area contributed by atoms with Crippen molar-refractivity contribution in [2.75, 3.05) is 0 Å². The number of nitrogens with zero attached hydrogens (tertiary/aromatic N) is 3. The number of hydrogen-bond donors (Lipinski definition) is 0. The summed E-state index contributed by atoms with van der Waals surface area (Å²) >= 11 is 0. The van der Waals surface area contributed by atoms with Crippen LogP contribution in [-0.2, 0) is 30.9 Å². The zero-order valence-electron chi connectivity index (χ0n) is 37.9. The SMILES string of the molecule is CC(C)c1cc(-c2ccccc2)cc(C(C)C)c1-n1c(-c2[c-]ccc3c2oc2c4ccc5c(c4ccc32)C(C)(C)CC5(C)C)nc2ccccc21.[Ir].[c-]1ccccc1-c1ccccn1. The number of fused-ring (bicyclic) bond motifs is 8. The van der Waals surface area contributed by atoms with E-state index in [9.17, 15) is 0 Å². The summed E-state index contributed by atoms with van der Waals surface area (Å²) in [6.07, 6.45) is 2.92. The topological polar surface area (TPSA) is 43.9 Å². The Balaban J connectivity index is 0.000000345. The molecule has 11 rings (SSSR count). The first-order chi connectivity index (χ1) is 30.4. The van der Waals surface area contributed by atoms with E-state index >= 15 is 0 Å². The normalized spacial score (nSPS) is 14.0. The summed E-state index contributed by atoms with van der Waals surface area (Å²) in [6, 6.07) is 57.9. The van der Waals surface area contributed by atoms with Crippen LogP contribution >= 0.6 is 0 Å². The Hall–Kier alpha value is -6.13. The minimum atomic E-state index is 0. The van der Waals surface area contributed by atoms with Gasteiger partial charge in [0.2, 0.25) is 0 Å². The van der Waals surface area contributed by atoms with Gasteiger partial charge in [0.1, 0.15) is 5.58 Å². The van der Waals surface area contributed by atoms with Crippen LogP contribution in [0, 0.1) is 12.1 Å². The molecular formula is C59H53IrN3O-2. The molecule has 0 saturated heterocycles. The van der Waals surface area contributed by atoms with Gasteiger partial charge in [0, 0.05) is 42.8 Å². The van der Waals surface area contributed by atoms with E-state index in [0.717, 1.165) is 62.0 Å². The minimum Gasteiger partial charge on any atom is -0.500 e. The maximum Gasteiger partial charge on any atom is 0.128 e. The molecule has 321 valence electrons. The number of rotatable bonds is 6. The van der Waals surface area contributed by atoms with Crippen molar-refractivity contribution in [1.29, 1.82) is 0 Å². The van der Waals surface area contributed by atoms with Gasteiger partial charge in [-0.15, -0.1) is 54.1 Å². The number of pyridine rings is 1. The molecule has 0 spiro atoms. The quantitative estimate of drug-likeness (QED) is 0.156. The summed E-state index contributed by atoms with van der Waals surface area (Å²) in [6.45, 7) is 18.7. The summed E-state index contributed by atoms with van der Waals surface area (Å²) in [5.41, 5.74) is 16.1. The van der Waals surface area contributed by atoms with E-state index < -0.39 is 0 Å². The molecule has 0 fully saturated rings. The van der Waals surface area contributed by atoms with Crippen molar-refractivity contribution >= 4 is 43.7 Å². The van der Waals surface area contributed by atoms with Gasteiger partial charge in [0.15, 0.2) is 0 Å². The molecule has 0 bridgehead atoms. The standard InChI is InChI=1S/C48H45N2O.C11H8N.Ir/c1-28(2)37-25-31(30-15-10-9-11-16-30)26-38(29(3)4)43(37)50-41-20-13-12-19-40(41)49-46(50)36-18-14-17-33-35-22-21-32-34(44(35)51-45(33)36)23-24-39-42(32)48(7,8)27-47(39,5)6;1-2-6-10(7-3-1)11-8-4-5-9-12-11;/h9-17,19-26,28-29H,27H2,1-8H3;1-6,8-9H;/q2*-1;. The summed E-state index contributed by atoms with van der Waals surface area (Å²) in [5, 5.41) is 4.69. The van der Waals surface area contributed by atoms with Gasteiger partial charge >= 0.3 is 0 Å². The maximum atomic E-state index is 7.07. The first kappa shape index (κ1) is 43.1. The molecule has 1 radical (unpaired) electrons. The van der Waals surface area contributed by atoms with E-state index in [4.69, 9.17) is 9.40 Å². The van der Waals surface area contributed by atoms with Crippen molar-refractivity contribution in [3.63, 3.8) is 0 Å². The first-order valence-corrected chi connectivity index (χ1v) is 22.3. The summed E-state index contributed by atoms with van der Waals surface area (Å²) in [5.74, 6) is 1.41. The molecule has 0 N–H and O–H groups in total. The third-order valence-corrected chi connectivity index (χ3v) is 13.1. The number of hydrogen-bond acceptors (Lipinski definition) is 3. The molecular weight excluding hydrogens is 959 g/mol. The Morgan fingerprint density at radius 1 is 0.609 bits per heavy atom. The van der Waals surface area contributed by atoms with E-state index in [1.807, 2.05) is 48.5 Å². The van der Waals surface area contributed by atoms with Crippen LogP contribution in [0.5, 0.6) is 0 Å². The Bertz CT molecular complexity index is 3240. The van der Waals surface area contributed by atoms with E-state index in [-0.39, 0.29) is 42.8 Å².